The van der Waals surface area contributed by atoms with Gasteiger partial charge in [-0.15, -0.1) is 0 Å². The molecule has 24 heavy (non-hydrogen) atoms. The molecule has 126 valence electrons. The molecule has 0 unspecified atom stereocenters. The lowest BCUT2D eigenvalue weighted by Crippen LogP contribution is -2.34. The van der Waals surface area contributed by atoms with E-state index in [0.29, 0.717) is 5.92 Å². The van der Waals surface area contributed by atoms with Crippen molar-refractivity contribution in [1.82, 2.24) is 19.8 Å². The molecule has 1 aliphatic heterocycles. The highest BCUT2D eigenvalue weighted by atomic mass is 16.2. The molecule has 1 atom stereocenters. The third-order valence-corrected chi connectivity index (χ3v) is 4.23. The first kappa shape index (κ1) is 16.4. The van der Waals surface area contributed by atoms with Gasteiger partial charge in [-0.1, -0.05) is 6.07 Å². The van der Waals surface area contributed by atoms with Gasteiger partial charge in [-0.05, 0) is 43.1 Å². The number of aromatic nitrogens is 2. The lowest BCUT2D eigenvalue weighted by Gasteiger charge is -2.21. The van der Waals surface area contributed by atoms with Gasteiger partial charge in [0.05, 0.1) is 11.9 Å². The minimum atomic E-state index is -0.0413. The maximum Gasteiger partial charge on any atom is 0.321 e. The van der Waals surface area contributed by atoms with Crippen LogP contribution in [0.25, 0.3) is 0 Å². The van der Waals surface area contributed by atoms with E-state index in [9.17, 15) is 4.79 Å². The Bertz CT molecular complexity index is 649. The average molecular weight is 325 g/mol. The number of carbonyl (C=O) groups excluding carboxylic acids is 1. The molecule has 1 fully saturated rings. The summed E-state index contributed by atoms with van der Waals surface area (Å²) in [6.45, 7) is 3.46. The first-order valence-corrected chi connectivity index (χ1v) is 8.24. The van der Waals surface area contributed by atoms with Gasteiger partial charge in [-0.2, -0.15) is 0 Å². The van der Waals surface area contributed by atoms with Gasteiger partial charge in [-0.3, -0.25) is 9.97 Å². The van der Waals surface area contributed by atoms with Gasteiger partial charge >= 0.3 is 6.03 Å². The highest BCUT2D eigenvalue weighted by Crippen LogP contribution is 2.19. The van der Waals surface area contributed by atoms with Crippen molar-refractivity contribution in [3.05, 3.63) is 54.6 Å². The number of likely N-dealkylation sites (tertiary alicyclic amines) is 1. The minimum absolute atomic E-state index is 0.0413. The van der Waals surface area contributed by atoms with Gasteiger partial charge in [0.25, 0.3) is 0 Å². The largest absolute Gasteiger partial charge is 0.324 e. The molecule has 1 aliphatic rings. The molecule has 0 aliphatic carbocycles. The van der Waals surface area contributed by atoms with E-state index in [-0.39, 0.29) is 6.03 Å². The van der Waals surface area contributed by atoms with Crippen LogP contribution in [0.15, 0.2) is 49.1 Å². The molecule has 0 radical (unpaired) electrons. The van der Waals surface area contributed by atoms with Crippen LogP contribution in [-0.2, 0) is 6.54 Å². The summed E-state index contributed by atoms with van der Waals surface area (Å²) in [4.78, 5) is 24.6. The Kier molecular flexibility index (Phi) is 5.38. The zero-order chi connectivity index (χ0) is 16.8. The van der Waals surface area contributed by atoms with Crippen LogP contribution in [0, 0.1) is 5.92 Å². The van der Waals surface area contributed by atoms with Gasteiger partial charge in [0.1, 0.15) is 0 Å². The standard InChI is InChI=1S/C18H23N5O/c1-22(12-15-4-2-7-19-10-15)13-16-6-9-23(14-16)18(24)21-17-5-3-8-20-11-17/h2-5,7-8,10-11,16H,6,9,12-14H2,1H3,(H,21,24)/t16-/m0/s1. The highest BCUT2D eigenvalue weighted by molar-refractivity contribution is 5.89. The van der Waals surface area contributed by atoms with E-state index in [1.54, 1.807) is 18.6 Å². The summed E-state index contributed by atoms with van der Waals surface area (Å²) in [5.41, 5.74) is 1.95. The molecule has 2 aromatic rings. The van der Waals surface area contributed by atoms with Crippen molar-refractivity contribution >= 4 is 11.7 Å². The van der Waals surface area contributed by atoms with Crippen molar-refractivity contribution in [2.24, 2.45) is 5.92 Å². The lowest BCUT2D eigenvalue weighted by atomic mass is 10.1. The van der Waals surface area contributed by atoms with Crippen molar-refractivity contribution in [2.75, 3.05) is 32.0 Å². The maximum absolute atomic E-state index is 12.3. The molecule has 0 aromatic carbocycles. The van der Waals surface area contributed by atoms with E-state index in [0.717, 1.165) is 38.3 Å². The Balaban J connectivity index is 1.45. The predicted molar refractivity (Wildman–Crippen MR) is 93.5 cm³/mol. The lowest BCUT2D eigenvalue weighted by molar-refractivity contribution is 0.216. The molecule has 3 rings (SSSR count). The van der Waals surface area contributed by atoms with Crippen LogP contribution in [0.2, 0.25) is 0 Å². The summed E-state index contributed by atoms with van der Waals surface area (Å²) in [6.07, 6.45) is 8.09. The summed E-state index contributed by atoms with van der Waals surface area (Å²) in [6, 6.07) is 7.67. The number of nitrogens with one attached hydrogen (secondary N) is 1. The second kappa shape index (κ2) is 7.88. The number of pyridine rings is 2. The van der Waals surface area contributed by atoms with Crippen molar-refractivity contribution in [1.29, 1.82) is 0 Å². The number of amides is 2. The summed E-state index contributed by atoms with van der Waals surface area (Å²) in [7, 11) is 2.12. The second-order valence-corrected chi connectivity index (χ2v) is 6.33. The second-order valence-electron chi connectivity index (χ2n) is 6.33. The Morgan fingerprint density at radius 2 is 2.08 bits per heavy atom. The van der Waals surface area contributed by atoms with E-state index in [1.165, 1.54) is 5.56 Å². The van der Waals surface area contributed by atoms with E-state index in [1.807, 2.05) is 29.3 Å². The van der Waals surface area contributed by atoms with Crippen LogP contribution < -0.4 is 5.32 Å². The predicted octanol–water partition coefficient (Wildman–Crippen LogP) is 2.46. The molecule has 0 spiro atoms. The molecule has 1 saturated heterocycles. The van der Waals surface area contributed by atoms with Crippen LogP contribution in [0.3, 0.4) is 0 Å². The number of carbonyl (C=O) groups is 1. The Hall–Kier alpha value is -2.47. The SMILES string of the molecule is CN(Cc1cccnc1)C[C@@H]1CCN(C(=O)Nc2cccnc2)C1. The number of urea groups is 1. The van der Waals surface area contributed by atoms with Gasteiger partial charge in [0.15, 0.2) is 0 Å². The van der Waals surface area contributed by atoms with Crippen LogP contribution in [0.4, 0.5) is 10.5 Å². The quantitative estimate of drug-likeness (QED) is 0.917. The van der Waals surface area contributed by atoms with Gasteiger partial charge < -0.3 is 15.1 Å². The van der Waals surface area contributed by atoms with Crippen LogP contribution in [-0.4, -0.2) is 52.5 Å². The van der Waals surface area contributed by atoms with Crippen LogP contribution in [0.1, 0.15) is 12.0 Å². The zero-order valence-electron chi connectivity index (χ0n) is 13.9. The third kappa shape index (κ3) is 4.52. The van der Waals surface area contributed by atoms with E-state index in [4.69, 9.17) is 0 Å². The zero-order valence-corrected chi connectivity index (χ0v) is 13.9. The molecule has 0 saturated carbocycles. The van der Waals surface area contributed by atoms with E-state index < -0.39 is 0 Å². The number of nitrogens with zero attached hydrogens (tertiary/aromatic N) is 4. The Labute approximate surface area is 142 Å². The Morgan fingerprint density at radius 3 is 2.79 bits per heavy atom. The Morgan fingerprint density at radius 1 is 1.29 bits per heavy atom. The molecule has 1 N–H and O–H groups in total. The average Bonchev–Trinajstić information content (AvgIpc) is 3.05. The van der Waals surface area contributed by atoms with Crippen molar-refractivity contribution < 1.29 is 4.79 Å². The molecule has 6 nitrogen and oxygen atoms in total. The molecule has 2 aromatic heterocycles. The molecular weight excluding hydrogens is 302 g/mol. The van der Waals surface area contributed by atoms with Gasteiger partial charge in [0.2, 0.25) is 0 Å². The molecule has 2 amide bonds. The number of rotatable bonds is 5. The summed E-state index contributed by atoms with van der Waals surface area (Å²) < 4.78 is 0. The fourth-order valence-corrected chi connectivity index (χ4v) is 3.11. The fourth-order valence-electron chi connectivity index (χ4n) is 3.11. The van der Waals surface area contributed by atoms with Crippen molar-refractivity contribution in [2.45, 2.75) is 13.0 Å². The minimum Gasteiger partial charge on any atom is -0.324 e. The summed E-state index contributed by atoms with van der Waals surface area (Å²) in [5.74, 6) is 0.506. The van der Waals surface area contributed by atoms with Crippen molar-refractivity contribution in [3.8, 4) is 0 Å². The number of anilines is 1. The molecule has 6 heteroatoms. The van der Waals surface area contributed by atoms with Crippen LogP contribution >= 0.6 is 0 Å². The number of hydrogen-bond donors (Lipinski definition) is 1. The molecule has 0 bridgehead atoms. The monoisotopic (exact) mass is 325 g/mol. The maximum atomic E-state index is 12.3. The fraction of sp³-hybridized carbons (Fsp3) is 0.389. The van der Waals surface area contributed by atoms with Crippen molar-refractivity contribution in [3.63, 3.8) is 0 Å². The number of hydrogen-bond acceptors (Lipinski definition) is 4. The first-order valence-electron chi connectivity index (χ1n) is 8.24. The topological polar surface area (TPSA) is 61.4 Å². The molecule has 3 heterocycles. The van der Waals surface area contributed by atoms with E-state index in [2.05, 4.69) is 33.3 Å². The normalized spacial score (nSPS) is 17.2. The van der Waals surface area contributed by atoms with Gasteiger partial charge in [0, 0.05) is 44.8 Å². The highest BCUT2D eigenvalue weighted by Gasteiger charge is 2.27. The smallest absolute Gasteiger partial charge is 0.321 e. The summed E-state index contributed by atoms with van der Waals surface area (Å²) in [5, 5.41) is 2.90. The first-order chi connectivity index (χ1) is 11.7. The summed E-state index contributed by atoms with van der Waals surface area (Å²) >= 11 is 0. The third-order valence-electron chi connectivity index (χ3n) is 4.23. The molecular formula is C18H23N5O. The van der Waals surface area contributed by atoms with Gasteiger partial charge in [-0.25, -0.2) is 4.79 Å². The van der Waals surface area contributed by atoms with E-state index >= 15 is 0 Å². The van der Waals surface area contributed by atoms with Crippen LogP contribution in [0.5, 0.6) is 0 Å².